The molecule has 0 spiro atoms. The minimum Gasteiger partial charge on any atom is -0.462 e. The van der Waals surface area contributed by atoms with Crippen LogP contribution in [0.1, 0.15) is 82.4 Å². The van der Waals surface area contributed by atoms with Crippen LogP contribution in [0.15, 0.2) is 91.0 Å². The molecule has 0 heterocycles. The number of benzene rings is 3. The van der Waals surface area contributed by atoms with E-state index in [0.717, 1.165) is 25.7 Å². The molecule has 0 unspecified atom stereocenters. The number of carbonyl (C=O) groups is 3. The Bertz CT molecular complexity index is 1100. The average Bonchev–Trinajstić information content (AvgIpc) is 3.03. The minimum absolute atomic E-state index is 0.177. The Morgan fingerprint density at radius 2 is 0.854 bits per heavy atom. The maximum absolute atomic E-state index is 12.4. The molecule has 0 saturated carbocycles. The summed E-state index contributed by atoms with van der Waals surface area (Å²) in [5.41, 5.74) is 1.38. The van der Waals surface area contributed by atoms with E-state index in [-0.39, 0.29) is 43.1 Å². The normalized spacial score (nSPS) is 10.8. The molecule has 3 aromatic carbocycles. The largest absolute Gasteiger partial charge is 0.462 e. The van der Waals surface area contributed by atoms with Crippen LogP contribution in [0.25, 0.3) is 0 Å². The van der Waals surface area contributed by atoms with E-state index in [2.05, 4.69) is 5.92 Å². The Hall–Kier alpha value is -4.37. The van der Waals surface area contributed by atoms with Gasteiger partial charge in [-0.3, -0.25) is 0 Å². The van der Waals surface area contributed by atoms with Crippen LogP contribution in [-0.4, -0.2) is 37.7 Å². The topological polar surface area (TPSA) is 78.9 Å². The summed E-state index contributed by atoms with van der Waals surface area (Å²) >= 11 is 0. The van der Waals surface area contributed by atoms with Crippen molar-refractivity contribution in [2.75, 3.05) is 19.8 Å². The smallest absolute Gasteiger partial charge is 0.338 e. The van der Waals surface area contributed by atoms with Gasteiger partial charge in [-0.25, -0.2) is 14.4 Å². The van der Waals surface area contributed by atoms with Gasteiger partial charge >= 0.3 is 17.9 Å². The van der Waals surface area contributed by atoms with Gasteiger partial charge < -0.3 is 14.2 Å². The van der Waals surface area contributed by atoms with Gasteiger partial charge in [-0.1, -0.05) is 54.6 Å². The molecule has 0 aliphatic heterocycles. The van der Waals surface area contributed by atoms with E-state index in [9.17, 15) is 14.4 Å². The molecule has 0 atom stereocenters. The number of carbonyl (C=O) groups excluding carboxylic acids is 3. The fourth-order valence-corrected chi connectivity index (χ4v) is 4.90. The van der Waals surface area contributed by atoms with Crippen LogP contribution in [0.3, 0.4) is 0 Å². The Balaban J connectivity index is 1.57. The molecule has 0 amide bonds. The highest BCUT2D eigenvalue weighted by molar-refractivity contribution is 5.90. The van der Waals surface area contributed by atoms with Crippen LogP contribution in [0, 0.1) is 17.8 Å². The predicted octanol–water partition coefficient (Wildman–Crippen LogP) is 7.30. The van der Waals surface area contributed by atoms with Gasteiger partial charge in [0.25, 0.3) is 0 Å². The number of rotatable bonds is 17. The SMILES string of the molecule is C#CCCC(CCCOC(=O)c1ccccc1)(CCCOC(=O)c1ccccc1)CCCOC(=O)c1ccccc1. The summed E-state index contributed by atoms with van der Waals surface area (Å²) in [5, 5.41) is 0. The summed E-state index contributed by atoms with van der Waals surface area (Å²) in [6, 6.07) is 26.7. The molecule has 0 aliphatic rings. The maximum Gasteiger partial charge on any atom is 0.338 e. The summed E-state index contributed by atoms with van der Waals surface area (Å²) in [6.45, 7) is 0.868. The molecular formula is C35H38O6. The number of hydrogen-bond acceptors (Lipinski definition) is 6. The molecule has 214 valence electrons. The Kier molecular flexibility index (Phi) is 13.2. The van der Waals surface area contributed by atoms with Gasteiger partial charge in [0, 0.05) is 6.42 Å². The fourth-order valence-electron chi connectivity index (χ4n) is 4.90. The lowest BCUT2D eigenvalue weighted by Crippen LogP contribution is -2.24. The molecule has 0 aromatic heterocycles. The van der Waals surface area contributed by atoms with E-state index >= 15 is 0 Å². The van der Waals surface area contributed by atoms with Crippen molar-refractivity contribution in [1.82, 2.24) is 0 Å². The zero-order valence-electron chi connectivity index (χ0n) is 23.5. The van der Waals surface area contributed by atoms with Crippen LogP contribution in [-0.2, 0) is 14.2 Å². The Morgan fingerprint density at radius 3 is 1.15 bits per heavy atom. The van der Waals surface area contributed by atoms with Crippen molar-refractivity contribution in [3.05, 3.63) is 108 Å². The van der Waals surface area contributed by atoms with Gasteiger partial charge in [-0.2, -0.15) is 0 Å². The molecule has 6 nitrogen and oxygen atoms in total. The first-order valence-corrected chi connectivity index (χ1v) is 14.1. The standard InChI is InChI=1S/C35H38O6/c1-2-3-22-35(23-13-26-39-32(36)29-16-7-4-8-17-29,24-14-27-40-33(37)30-18-9-5-10-19-30)25-15-28-41-34(38)31-20-11-6-12-21-31/h1,4-12,16-21H,3,13-15,22-28H2. The lowest BCUT2D eigenvalue weighted by atomic mass is 9.72. The van der Waals surface area contributed by atoms with Gasteiger partial charge in [0.15, 0.2) is 0 Å². The molecule has 3 aromatic rings. The zero-order chi connectivity index (χ0) is 29.2. The monoisotopic (exact) mass is 554 g/mol. The summed E-state index contributed by atoms with van der Waals surface area (Å²) in [6.07, 6.45) is 11.3. The second kappa shape index (κ2) is 17.3. The Morgan fingerprint density at radius 1 is 0.537 bits per heavy atom. The van der Waals surface area contributed by atoms with Crippen molar-refractivity contribution in [2.45, 2.75) is 51.4 Å². The first kappa shape index (κ1) is 31.2. The molecule has 3 rings (SSSR count). The van der Waals surface area contributed by atoms with E-state index in [1.165, 1.54) is 0 Å². The third-order valence-electron chi connectivity index (χ3n) is 7.08. The van der Waals surface area contributed by atoms with E-state index in [0.29, 0.717) is 42.4 Å². The zero-order valence-corrected chi connectivity index (χ0v) is 23.5. The third kappa shape index (κ3) is 11.0. The van der Waals surface area contributed by atoms with Crippen molar-refractivity contribution >= 4 is 17.9 Å². The Labute approximate surface area is 243 Å². The van der Waals surface area contributed by atoms with Crippen LogP contribution >= 0.6 is 0 Å². The predicted molar refractivity (Wildman–Crippen MR) is 158 cm³/mol. The summed E-state index contributed by atoms with van der Waals surface area (Å²) < 4.78 is 16.6. The second-order valence-corrected chi connectivity index (χ2v) is 10.0. The maximum atomic E-state index is 12.4. The first-order valence-electron chi connectivity index (χ1n) is 14.1. The molecule has 0 bridgehead atoms. The first-order chi connectivity index (χ1) is 20.0. The molecule has 0 saturated heterocycles. The van der Waals surface area contributed by atoms with Crippen molar-refractivity contribution < 1.29 is 28.6 Å². The van der Waals surface area contributed by atoms with E-state index in [1.807, 2.05) is 18.2 Å². The molecule has 41 heavy (non-hydrogen) atoms. The van der Waals surface area contributed by atoms with E-state index in [1.54, 1.807) is 72.8 Å². The van der Waals surface area contributed by atoms with Crippen molar-refractivity contribution in [1.29, 1.82) is 0 Å². The summed E-state index contributed by atoms with van der Waals surface area (Å²) in [7, 11) is 0. The molecule has 0 fully saturated rings. The number of hydrogen-bond donors (Lipinski definition) is 0. The van der Waals surface area contributed by atoms with Crippen LogP contribution in [0.5, 0.6) is 0 Å². The minimum atomic E-state index is -0.347. The highest BCUT2D eigenvalue weighted by atomic mass is 16.5. The summed E-state index contributed by atoms with van der Waals surface area (Å²) in [4.78, 5) is 37.1. The number of esters is 3. The summed E-state index contributed by atoms with van der Waals surface area (Å²) in [5.74, 6) is 1.72. The quantitative estimate of drug-likeness (QED) is 0.0754. The van der Waals surface area contributed by atoms with Gasteiger partial charge in [0.2, 0.25) is 0 Å². The third-order valence-corrected chi connectivity index (χ3v) is 7.08. The lowest BCUT2D eigenvalue weighted by molar-refractivity contribution is 0.0428. The highest BCUT2D eigenvalue weighted by Gasteiger charge is 2.29. The number of ether oxygens (including phenoxy) is 3. The van der Waals surface area contributed by atoms with Gasteiger partial charge in [0.05, 0.1) is 36.5 Å². The lowest BCUT2D eigenvalue weighted by Gasteiger charge is -2.34. The second-order valence-electron chi connectivity index (χ2n) is 10.0. The molecular weight excluding hydrogens is 516 g/mol. The van der Waals surface area contributed by atoms with Crippen molar-refractivity contribution in [2.24, 2.45) is 5.41 Å². The van der Waals surface area contributed by atoms with Gasteiger partial charge in [-0.05, 0) is 86.8 Å². The molecule has 0 N–H and O–H groups in total. The van der Waals surface area contributed by atoms with Crippen LogP contribution in [0.2, 0.25) is 0 Å². The van der Waals surface area contributed by atoms with Crippen molar-refractivity contribution in [3.8, 4) is 12.3 Å². The van der Waals surface area contributed by atoms with Crippen LogP contribution in [0.4, 0.5) is 0 Å². The average molecular weight is 555 g/mol. The fraction of sp³-hybridized carbons (Fsp3) is 0.343. The van der Waals surface area contributed by atoms with Crippen molar-refractivity contribution in [3.63, 3.8) is 0 Å². The molecule has 0 aliphatic carbocycles. The van der Waals surface area contributed by atoms with Gasteiger partial charge in [0.1, 0.15) is 0 Å². The van der Waals surface area contributed by atoms with E-state index < -0.39 is 0 Å². The molecule has 0 radical (unpaired) electrons. The number of terminal acetylenes is 1. The molecule has 6 heteroatoms. The van der Waals surface area contributed by atoms with Gasteiger partial charge in [-0.15, -0.1) is 12.3 Å². The van der Waals surface area contributed by atoms with E-state index in [4.69, 9.17) is 20.6 Å². The van der Waals surface area contributed by atoms with Crippen LogP contribution < -0.4 is 0 Å². The highest BCUT2D eigenvalue weighted by Crippen LogP contribution is 2.40.